The molecule has 1 fully saturated rings. The molecule has 2 rings (SSSR count). The van der Waals surface area contributed by atoms with Gasteiger partial charge in [0, 0.05) is 13.1 Å². The Kier molecular flexibility index (Phi) is 5.48. The van der Waals surface area contributed by atoms with E-state index in [4.69, 9.17) is 30.9 Å². The summed E-state index contributed by atoms with van der Waals surface area (Å²) in [5, 5.41) is 9.58. The highest BCUT2D eigenvalue weighted by Gasteiger charge is 2.20. The van der Waals surface area contributed by atoms with E-state index >= 15 is 0 Å². The third-order valence-electron chi connectivity index (χ3n) is 3.23. The summed E-state index contributed by atoms with van der Waals surface area (Å²) in [6, 6.07) is 3.39. The van der Waals surface area contributed by atoms with Crippen molar-refractivity contribution in [3.63, 3.8) is 0 Å². The van der Waals surface area contributed by atoms with E-state index in [1.807, 2.05) is 0 Å². The number of hydrogen-bond acceptors (Lipinski definition) is 5. The molecule has 1 aromatic rings. The zero-order chi connectivity index (χ0) is 14.5. The zero-order valence-electron chi connectivity index (χ0n) is 11.8. The van der Waals surface area contributed by atoms with Gasteiger partial charge in [-0.25, -0.2) is 0 Å². The van der Waals surface area contributed by atoms with Gasteiger partial charge in [-0.2, -0.15) is 0 Å². The Morgan fingerprint density at radius 2 is 2.30 bits per heavy atom. The van der Waals surface area contributed by atoms with Crippen LogP contribution in [0.15, 0.2) is 12.1 Å². The number of methoxy groups -OCH3 is 1. The molecule has 1 aromatic carbocycles. The molecule has 0 aromatic heterocycles. The molecule has 1 heterocycles. The third kappa shape index (κ3) is 3.76. The molecule has 0 bridgehead atoms. The fourth-order valence-corrected chi connectivity index (χ4v) is 2.44. The van der Waals surface area contributed by atoms with E-state index < -0.39 is 0 Å². The predicted octanol–water partition coefficient (Wildman–Crippen LogP) is 1.55. The second kappa shape index (κ2) is 7.13. The number of rotatable bonds is 5. The highest BCUT2D eigenvalue weighted by atomic mass is 35.5. The Bertz CT molecular complexity index is 455. The number of hydrogen-bond donors (Lipinski definition) is 1. The van der Waals surface area contributed by atoms with Crippen molar-refractivity contribution in [2.75, 3.05) is 40.5 Å². The lowest BCUT2D eigenvalue weighted by Gasteiger charge is -2.30. The van der Waals surface area contributed by atoms with Gasteiger partial charge in [-0.3, -0.25) is 0 Å². The first-order valence-electron chi connectivity index (χ1n) is 6.54. The standard InChI is InChI=1S/C14H20ClNO4/c1-16-3-4-19-11(7-16)9-20-14-12(15)5-10(8-17)6-13(14)18-2/h5-6,11,17H,3-4,7-9H2,1-2H3. The molecular weight excluding hydrogens is 282 g/mol. The van der Waals surface area contributed by atoms with Crippen molar-refractivity contribution in [2.24, 2.45) is 0 Å². The van der Waals surface area contributed by atoms with Gasteiger partial charge in [0.1, 0.15) is 12.7 Å². The van der Waals surface area contributed by atoms with Crippen LogP contribution in [0.25, 0.3) is 0 Å². The lowest BCUT2D eigenvalue weighted by atomic mass is 10.2. The third-order valence-corrected chi connectivity index (χ3v) is 3.51. The van der Waals surface area contributed by atoms with Gasteiger partial charge >= 0.3 is 0 Å². The lowest BCUT2D eigenvalue weighted by molar-refractivity contribution is -0.0406. The molecular formula is C14H20ClNO4. The Balaban J connectivity index is 2.04. The summed E-state index contributed by atoms with van der Waals surface area (Å²) in [5.41, 5.74) is 0.688. The summed E-state index contributed by atoms with van der Waals surface area (Å²) in [4.78, 5) is 2.20. The summed E-state index contributed by atoms with van der Waals surface area (Å²) >= 11 is 6.17. The highest BCUT2D eigenvalue weighted by Crippen LogP contribution is 2.36. The fraction of sp³-hybridized carbons (Fsp3) is 0.571. The van der Waals surface area contributed by atoms with Crippen molar-refractivity contribution in [1.82, 2.24) is 4.90 Å². The van der Waals surface area contributed by atoms with Crippen LogP contribution >= 0.6 is 11.6 Å². The minimum absolute atomic E-state index is 0.0204. The molecule has 0 amide bonds. The van der Waals surface area contributed by atoms with Gasteiger partial charge in [0.15, 0.2) is 11.5 Å². The van der Waals surface area contributed by atoms with Gasteiger partial charge in [0.25, 0.3) is 0 Å². The Morgan fingerprint density at radius 3 is 2.95 bits per heavy atom. The van der Waals surface area contributed by atoms with Gasteiger partial charge in [-0.15, -0.1) is 0 Å². The molecule has 1 atom stereocenters. The van der Waals surface area contributed by atoms with Crippen LogP contribution in [0.1, 0.15) is 5.56 Å². The molecule has 0 aliphatic carbocycles. The van der Waals surface area contributed by atoms with Gasteiger partial charge in [0.05, 0.1) is 25.3 Å². The van der Waals surface area contributed by atoms with Gasteiger partial charge < -0.3 is 24.2 Å². The second-order valence-electron chi connectivity index (χ2n) is 4.83. The number of nitrogens with zero attached hydrogens (tertiary/aromatic N) is 1. The average Bonchev–Trinajstić information content (AvgIpc) is 2.45. The SMILES string of the molecule is COc1cc(CO)cc(Cl)c1OCC1CN(C)CCO1. The van der Waals surface area contributed by atoms with E-state index in [2.05, 4.69) is 11.9 Å². The number of aliphatic hydroxyl groups is 1. The van der Waals surface area contributed by atoms with Crippen LogP contribution in [-0.4, -0.2) is 56.6 Å². The Hall–Kier alpha value is -1.01. The van der Waals surface area contributed by atoms with Gasteiger partial charge in [-0.1, -0.05) is 11.6 Å². The maximum absolute atomic E-state index is 9.16. The Morgan fingerprint density at radius 1 is 1.50 bits per heavy atom. The van der Waals surface area contributed by atoms with Crippen LogP contribution in [-0.2, 0) is 11.3 Å². The molecule has 1 aliphatic heterocycles. The quantitative estimate of drug-likeness (QED) is 0.894. The van der Waals surface area contributed by atoms with Crippen molar-refractivity contribution < 1.29 is 19.3 Å². The summed E-state index contributed by atoms with van der Waals surface area (Å²) in [5.74, 6) is 1.01. The van der Waals surface area contributed by atoms with Crippen LogP contribution in [0.5, 0.6) is 11.5 Å². The second-order valence-corrected chi connectivity index (χ2v) is 5.24. The van der Waals surface area contributed by atoms with E-state index in [1.165, 1.54) is 0 Å². The Labute approximate surface area is 124 Å². The molecule has 5 nitrogen and oxygen atoms in total. The lowest BCUT2D eigenvalue weighted by Crippen LogP contribution is -2.42. The van der Waals surface area contributed by atoms with E-state index in [1.54, 1.807) is 19.2 Å². The fourth-order valence-electron chi connectivity index (χ4n) is 2.15. The van der Waals surface area contributed by atoms with Crippen LogP contribution < -0.4 is 9.47 Å². The molecule has 0 saturated carbocycles. The van der Waals surface area contributed by atoms with E-state index in [9.17, 15) is 0 Å². The largest absolute Gasteiger partial charge is 0.493 e. The first kappa shape index (κ1) is 15.4. The molecule has 20 heavy (non-hydrogen) atoms. The molecule has 112 valence electrons. The van der Waals surface area contributed by atoms with Crippen molar-refractivity contribution in [3.8, 4) is 11.5 Å². The maximum Gasteiger partial charge on any atom is 0.179 e. The molecule has 6 heteroatoms. The number of morpholine rings is 1. The van der Waals surface area contributed by atoms with Crippen LogP contribution in [0, 0.1) is 0 Å². The molecule has 1 unspecified atom stereocenters. The van der Waals surface area contributed by atoms with Crippen molar-refractivity contribution in [1.29, 1.82) is 0 Å². The number of likely N-dealkylation sites (N-methyl/N-ethyl adjacent to an activating group) is 1. The summed E-state index contributed by atoms with van der Waals surface area (Å²) in [6.45, 7) is 2.80. The van der Waals surface area contributed by atoms with E-state index in [0.29, 0.717) is 35.3 Å². The summed E-state index contributed by atoms with van der Waals surface area (Å²) in [7, 11) is 3.60. The normalized spacial score (nSPS) is 19.9. The van der Waals surface area contributed by atoms with E-state index in [0.717, 1.165) is 13.1 Å². The molecule has 1 N–H and O–H groups in total. The summed E-state index contributed by atoms with van der Waals surface area (Å²) < 4.78 is 16.7. The van der Waals surface area contributed by atoms with Crippen molar-refractivity contribution >= 4 is 11.6 Å². The average molecular weight is 302 g/mol. The number of ether oxygens (including phenoxy) is 3. The van der Waals surface area contributed by atoms with Crippen molar-refractivity contribution in [2.45, 2.75) is 12.7 Å². The number of aliphatic hydroxyl groups excluding tert-OH is 1. The first-order valence-corrected chi connectivity index (χ1v) is 6.92. The topological polar surface area (TPSA) is 51.2 Å². The van der Waals surface area contributed by atoms with Crippen LogP contribution in [0.4, 0.5) is 0 Å². The molecule has 1 aliphatic rings. The minimum atomic E-state index is -0.0904. The van der Waals surface area contributed by atoms with Crippen LogP contribution in [0.3, 0.4) is 0 Å². The predicted molar refractivity (Wildman–Crippen MR) is 76.7 cm³/mol. The zero-order valence-corrected chi connectivity index (χ0v) is 12.5. The number of benzene rings is 1. The summed E-state index contributed by atoms with van der Waals surface area (Å²) in [6.07, 6.45) is 0.0204. The van der Waals surface area contributed by atoms with Crippen LogP contribution in [0.2, 0.25) is 5.02 Å². The molecule has 0 spiro atoms. The van der Waals surface area contributed by atoms with E-state index in [-0.39, 0.29) is 12.7 Å². The molecule has 0 radical (unpaired) electrons. The minimum Gasteiger partial charge on any atom is -0.493 e. The van der Waals surface area contributed by atoms with Gasteiger partial charge in [-0.05, 0) is 24.7 Å². The monoisotopic (exact) mass is 301 g/mol. The molecule has 1 saturated heterocycles. The maximum atomic E-state index is 9.16. The van der Waals surface area contributed by atoms with Crippen molar-refractivity contribution in [3.05, 3.63) is 22.7 Å². The number of halogens is 1. The smallest absolute Gasteiger partial charge is 0.179 e. The first-order chi connectivity index (χ1) is 9.63. The van der Waals surface area contributed by atoms with Gasteiger partial charge in [0.2, 0.25) is 0 Å². The highest BCUT2D eigenvalue weighted by molar-refractivity contribution is 6.32.